The molecule has 0 aliphatic carbocycles. The Kier molecular flexibility index (Phi) is 4.40. The van der Waals surface area contributed by atoms with Crippen molar-refractivity contribution in [3.8, 4) is 6.07 Å². The molecule has 96 valence electrons. The van der Waals surface area contributed by atoms with Gasteiger partial charge in [0.05, 0.1) is 18.8 Å². The molecule has 1 aromatic rings. The van der Waals surface area contributed by atoms with E-state index in [0.717, 1.165) is 45.1 Å². The maximum absolute atomic E-state index is 8.89. The molecule has 18 heavy (non-hydrogen) atoms. The van der Waals surface area contributed by atoms with Crippen LogP contribution >= 0.6 is 0 Å². The fourth-order valence-corrected chi connectivity index (χ4v) is 1.95. The van der Waals surface area contributed by atoms with Gasteiger partial charge in [-0.25, -0.2) is 0 Å². The lowest BCUT2D eigenvalue weighted by atomic mass is 10.2. The molecule has 0 spiro atoms. The van der Waals surface area contributed by atoms with Crippen molar-refractivity contribution in [2.45, 2.75) is 0 Å². The van der Waals surface area contributed by atoms with Crippen LogP contribution in [0.5, 0.6) is 0 Å². The van der Waals surface area contributed by atoms with Crippen LogP contribution in [0.3, 0.4) is 0 Å². The Labute approximate surface area is 107 Å². The number of ether oxygens (including phenoxy) is 1. The van der Waals surface area contributed by atoms with Gasteiger partial charge in [-0.2, -0.15) is 5.26 Å². The van der Waals surface area contributed by atoms with Crippen molar-refractivity contribution in [1.29, 1.82) is 5.26 Å². The van der Waals surface area contributed by atoms with Gasteiger partial charge in [-0.05, 0) is 18.2 Å². The minimum absolute atomic E-state index is 0.520. The van der Waals surface area contributed by atoms with E-state index in [-0.39, 0.29) is 0 Å². The number of morpholine rings is 1. The van der Waals surface area contributed by atoms with Gasteiger partial charge >= 0.3 is 0 Å². The summed E-state index contributed by atoms with van der Waals surface area (Å²) in [6, 6.07) is 7.53. The van der Waals surface area contributed by atoms with Crippen LogP contribution in [0.2, 0.25) is 0 Å². The normalized spacial score (nSPS) is 16.2. The Morgan fingerprint density at radius 1 is 1.39 bits per heavy atom. The molecule has 0 saturated carbocycles. The van der Waals surface area contributed by atoms with Crippen molar-refractivity contribution in [3.63, 3.8) is 0 Å². The lowest BCUT2D eigenvalue weighted by molar-refractivity contribution is 0.0398. The predicted molar refractivity (Wildman–Crippen MR) is 71.3 cm³/mol. The molecule has 0 unspecified atom stereocenters. The fourth-order valence-electron chi connectivity index (χ4n) is 1.95. The average Bonchev–Trinajstić information content (AvgIpc) is 2.42. The van der Waals surface area contributed by atoms with E-state index in [2.05, 4.69) is 16.3 Å². The topological polar surface area (TPSA) is 74.3 Å². The summed E-state index contributed by atoms with van der Waals surface area (Å²) in [5, 5.41) is 12.2. The number of hydrogen-bond donors (Lipinski definition) is 2. The molecular formula is C13H18N4O. The summed E-state index contributed by atoms with van der Waals surface area (Å²) in [5.41, 5.74) is 7.66. The minimum atomic E-state index is 0.520. The predicted octanol–water partition coefficient (Wildman–Crippen LogP) is 0.885. The van der Waals surface area contributed by atoms with Crippen LogP contribution in [-0.4, -0.2) is 44.3 Å². The SMILES string of the molecule is N#Cc1cc(NCCN2CCOCC2)ccc1N. The van der Waals surface area contributed by atoms with Crippen molar-refractivity contribution >= 4 is 11.4 Å². The Bertz CT molecular complexity index is 435. The highest BCUT2D eigenvalue weighted by atomic mass is 16.5. The van der Waals surface area contributed by atoms with Gasteiger partial charge < -0.3 is 15.8 Å². The Morgan fingerprint density at radius 3 is 2.89 bits per heavy atom. The quantitative estimate of drug-likeness (QED) is 0.772. The smallest absolute Gasteiger partial charge is 0.101 e. The second kappa shape index (κ2) is 6.24. The van der Waals surface area contributed by atoms with Crippen molar-refractivity contribution in [2.75, 3.05) is 50.4 Å². The van der Waals surface area contributed by atoms with Crippen LogP contribution in [0, 0.1) is 11.3 Å². The zero-order chi connectivity index (χ0) is 12.8. The van der Waals surface area contributed by atoms with E-state index in [1.165, 1.54) is 0 Å². The Hall–Kier alpha value is -1.77. The van der Waals surface area contributed by atoms with Gasteiger partial charge in [-0.15, -0.1) is 0 Å². The first-order valence-corrected chi connectivity index (χ1v) is 6.13. The van der Waals surface area contributed by atoms with Crippen molar-refractivity contribution in [3.05, 3.63) is 23.8 Å². The highest BCUT2D eigenvalue weighted by Crippen LogP contribution is 2.16. The highest BCUT2D eigenvalue weighted by Gasteiger charge is 2.09. The largest absolute Gasteiger partial charge is 0.398 e. The number of rotatable bonds is 4. The second-order valence-electron chi connectivity index (χ2n) is 4.29. The van der Waals surface area contributed by atoms with Crippen molar-refractivity contribution < 1.29 is 4.74 Å². The van der Waals surface area contributed by atoms with Crippen LogP contribution < -0.4 is 11.1 Å². The third-order valence-corrected chi connectivity index (χ3v) is 3.03. The monoisotopic (exact) mass is 246 g/mol. The molecule has 1 aromatic carbocycles. The lowest BCUT2D eigenvalue weighted by Gasteiger charge is -2.26. The molecule has 0 bridgehead atoms. The number of benzene rings is 1. The Balaban J connectivity index is 1.81. The minimum Gasteiger partial charge on any atom is -0.398 e. The number of nitriles is 1. The van der Waals surface area contributed by atoms with Crippen LogP contribution in [0.4, 0.5) is 11.4 Å². The molecule has 1 aliphatic heterocycles. The molecule has 1 heterocycles. The summed E-state index contributed by atoms with van der Waals surface area (Å²) < 4.78 is 5.30. The molecule has 1 saturated heterocycles. The maximum atomic E-state index is 8.89. The molecule has 3 N–H and O–H groups in total. The van der Waals surface area contributed by atoms with Crippen LogP contribution in [0.15, 0.2) is 18.2 Å². The van der Waals surface area contributed by atoms with E-state index in [1.807, 2.05) is 6.07 Å². The first kappa shape index (κ1) is 12.7. The number of nitrogens with one attached hydrogen (secondary N) is 1. The van der Waals surface area contributed by atoms with Gasteiger partial charge in [0.2, 0.25) is 0 Å². The highest BCUT2D eigenvalue weighted by molar-refractivity contribution is 5.61. The van der Waals surface area contributed by atoms with Crippen molar-refractivity contribution in [2.24, 2.45) is 0 Å². The maximum Gasteiger partial charge on any atom is 0.101 e. The summed E-state index contributed by atoms with van der Waals surface area (Å²) in [6.45, 7) is 5.46. The molecule has 5 nitrogen and oxygen atoms in total. The number of hydrogen-bond acceptors (Lipinski definition) is 5. The van der Waals surface area contributed by atoms with Crippen molar-refractivity contribution in [1.82, 2.24) is 4.90 Å². The van der Waals surface area contributed by atoms with E-state index in [9.17, 15) is 0 Å². The summed E-state index contributed by atoms with van der Waals surface area (Å²) in [6.07, 6.45) is 0. The zero-order valence-electron chi connectivity index (χ0n) is 10.4. The summed E-state index contributed by atoms with van der Waals surface area (Å²) in [5.74, 6) is 0. The van der Waals surface area contributed by atoms with Crippen LogP contribution in [0.25, 0.3) is 0 Å². The molecule has 5 heteroatoms. The van der Waals surface area contributed by atoms with Gasteiger partial charge in [-0.3, -0.25) is 4.90 Å². The van der Waals surface area contributed by atoms with Crippen LogP contribution in [0.1, 0.15) is 5.56 Å². The zero-order valence-corrected chi connectivity index (χ0v) is 10.4. The first-order valence-electron chi connectivity index (χ1n) is 6.13. The fraction of sp³-hybridized carbons (Fsp3) is 0.462. The first-order chi connectivity index (χ1) is 8.79. The van der Waals surface area contributed by atoms with E-state index >= 15 is 0 Å². The van der Waals surface area contributed by atoms with Gasteiger partial charge in [0.15, 0.2) is 0 Å². The molecule has 0 radical (unpaired) electrons. The van der Waals surface area contributed by atoms with E-state index in [4.69, 9.17) is 15.7 Å². The summed E-state index contributed by atoms with van der Waals surface area (Å²) >= 11 is 0. The number of nitrogen functional groups attached to an aromatic ring is 1. The number of nitrogens with zero attached hydrogens (tertiary/aromatic N) is 2. The van der Waals surface area contributed by atoms with Gasteiger partial charge in [-0.1, -0.05) is 0 Å². The average molecular weight is 246 g/mol. The third kappa shape index (κ3) is 3.36. The van der Waals surface area contributed by atoms with Gasteiger partial charge in [0.1, 0.15) is 6.07 Å². The molecule has 2 rings (SSSR count). The molecule has 0 atom stereocenters. The summed E-state index contributed by atoms with van der Waals surface area (Å²) in [7, 11) is 0. The third-order valence-electron chi connectivity index (χ3n) is 3.03. The van der Waals surface area contributed by atoms with E-state index < -0.39 is 0 Å². The lowest BCUT2D eigenvalue weighted by Crippen LogP contribution is -2.39. The van der Waals surface area contributed by atoms with Crippen LogP contribution in [-0.2, 0) is 4.74 Å². The molecular weight excluding hydrogens is 228 g/mol. The summed E-state index contributed by atoms with van der Waals surface area (Å²) in [4.78, 5) is 2.36. The van der Waals surface area contributed by atoms with E-state index in [1.54, 1.807) is 12.1 Å². The number of anilines is 2. The molecule has 0 aromatic heterocycles. The van der Waals surface area contributed by atoms with Gasteiger partial charge in [0, 0.05) is 37.6 Å². The molecule has 0 amide bonds. The molecule has 1 aliphatic rings. The standard InChI is InChI=1S/C13H18N4O/c14-10-11-9-12(1-2-13(11)15)16-3-4-17-5-7-18-8-6-17/h1-2,9,16H,3-8,15H2. The number of nitrogens with two attached hydrogens (primary N) is 1. The second-order valence-corrected chi connectivity index (χ2v) is 4.29. The Morgan fingerprint density at radius 2 is 2.17 bits per heavy atom. The van der Waals surface area contributed by atoms with E-state index in [0.29, 0.717) is 11.3 Å². The van der Waals surface area contributed by atoms with Gasteiger partial charge in [0.25, 0.3) is 0 Å². The molecule has 1 fully saturated rings.